The van der Waals surface area contributed by atoms with E-state index >= 15 is 0 Å². The van der Waals surface area contributed by atoms with Crippen molar-refractivity contribution in [3.8, 4) is 0 Å². The van der Waals surface area contributed by atoms with Crippen molar-refractivity contribution in [1.82, 2.24) is 19.7 Å². The summed E-state index contributed by atoms with van der Waals surface area (Å²) in [6.45, 7) is 1.49. The molecule has 108 valence electrons. The zero-order valence-corrected chi connectivity index (χ0v) is 11.7. The first-order valence-corrected chi connectivity index (χ1v) is 6.50. The number of hydrogen-bond donors (Lipinski definition) is 1. The monoisotopic (exact) mass is 278 g/mol. The fraction of sp³-hybridized carbons (Fsp3) is 0.429. The summed E-state index contributed by atoms with van der Waals surface area (Å²) in [5.41, 5.74) is 1.63. The van der Waals surface area contributed by atoms with Gasteiger partial charge in [0.15, 0.2) is 0 Å². The van der Waals surface area contributed by atoms with Crippen molar-refractivity contribution in [3.05, 3.63) is 47.8 Å². The molecule has 0 aliphatic rings. The number of halogens is 1. The largest absolute Gasteiger partial charge is 0.387 e. The van der Waals surface area contributed by atoms with Gasteiger partial charge in [-0.05, 0) is 25.6 Å². The number of aliphatic hydroxyl groups excluding tert-OH is 1. The van der Waals surface area contributed by atoms with E-state index in [1.54, 1.807) is 4.68 Å². The molecule has 1 N–H and O–H groups in total. The van der Waals surface area contributed by atoms with E-state index in [4.69, 9.17) is 0 Å². The van der Waals surface area contributed by atoms with Gasteiger partial charge in [0.2, 0.25) is 0 Å². The third-order valence-electron chi connectivity index (χ3n) is 3.09. The van der Waals surface area contributed by atoms with Gasteiger partial charge in [-0.3, -0.25) is 9.67 Å². The van der Waals surface area contributed by atoms with Crippen LogP contribution in [0.2, 0.25) is 0 Å². The zero-order valence-electron chi connectivity index (χ0n) is 11.7. The molecule has 2 aromatic rings. The first kappa shape index (κ1) is 14.6. The van der Waals surface area contributed by atoms with E-state index in [2.05, 4.69) is 15.0 Å². The maximum Gasteiger partial charge on any atom is 0.141 e. The van der Waals surface area contributed by atoms with E-state index in [1.165, 1.54) is 12.1 Å². The van der Waals surface area contributed by atoms with Gasteiger partial charge in [0, 0.05) is 31.9 Å². The molecule has 1 atom stereocenters. The molecule has 0 saturated heterocycles. The van der Waals surface area contributed by atoms with Crippen molar-refractivity contribution in [2.75, 3.05) is 13.6 Å². The molecule has 0 aromatic carbocycles. The molecule has 2 aromatic heterocycles. The highest BCUT2D eigenvalue weighted by molar-refractivity contribution is 5.08. The second-order valence-electron chi connectivity index (χ2n) is 4.97. The first-order chi connectivity index (χ1) is 9.54. The van der Waals surface area contributed by atoms with Crippen molar-refractivity contribution in [1.29, 1.82) is 0 Å². The Kier molecular flexibility index (Phi) is 4.81. The third kappa shape index (κ3) is 4.11. The lowest BCUT2D eigenvalue weighted by Crippen LogP contribution is -2.21. The number of rotatable bonds is 6. The summed E-state index contributed by atoms with van der Waals surface area (Å²) in [6, 6.07) is 2.83. The normalized spacial score (nSPS) is 12.8. The number of nitrogens with zero attached hydrogens (tertiary/aromatic N) is 4. The minimum Gasteiger partial charge on any atom is -0.387 e. The Morgan fingerprint density at radius 3 is 2.80 bits per heavy atom. The van der Waals surface area contributed by atoms with Crippen LogP contribution < -0.4 is 0 Å². The minimum absolute atomic E-state index is 0.394. The molecule has 0 spiro atoms. The SMILES string of the molecule is CN(CCC(O)c1ccc(F)cn1)Cc1cnn(C)c1. The lowest BCUT2D eigenvalue weighted by molar-refractivity contribution is 0.143. The number of aryl methyl sites for hydroxylation is 1. The van der Waals surface area contributed by atoms with E-state index in [-0.39, 0.29) is 0 Å². The molecule has 5 nitrogen and oxygen atoms in total. The van der Waals surface area contributed by atoms with Crippen LogP contribution in [0.25, 0.3) is 0 Å². The molecule has 20 heavy (non-hydrogen) atoms. The highest BCUT2D eigenvalue weighted by atomic mass is 19.1. The molecule has 0 radical (unpaired) electrons. The average molecular weight is 278 g/mol. The number of aromatic nitrogens is 3. The number of hydrogen-bond acceptors (Lipinski definition) is 4. The fourth-order valence-electron chi connectivity index (χ4n) is 2.02. The standard InChI is InChI=1S/C14H19FN4O/c1-18(9-11-7-17-19(2)10-11)6-5-14(20)13-4-3-12(15)8-16-13/h3-4,7-8,10,14,20H,5-6,9H2,1-2H3. The molecule has 0 saturated carbocycles. The molecule has 0 aliphatic carbocycles. The summed E-state index contributed by atoms with van der Waals surface area (Å²) >= 11 is 0. The predicted octanol–water partition coefficient (Wildman–Crippen LogP) is 1.51. The van der Waals surface area contributed by atoms with Gasteiger partial charge in [0.05, 0.1) is 24.2 Å². The van der Waals surface area contributed by atoms with Crippen molar-refractivity contribution < 1.29 is 9.50 Å². The van der Waals surface area contributed by atoms with E-state index in [0.29, 0.717) is 12.1 Å². The molecular formula is C14H19FN4O. The van der Waals surface area contributed by atoms with Gasteiger partial charge in [0.1, 0.15) is 5.82 Å². The van der Waals surface area contributed by atoms with Gasteiger partial charge in [0.25, 0.3) is 0 Å². The van der Waals surface area contributed by atoms with E-state index in [0.717, 1.165) is 24.8 Å². The second-order valence-corrected chi connectivity index (χ2v) is 4.97. The molecule has 2 heterocycles. The van der Waals surface area contributed by atoms with E-state index in [9.17, 15) is 9.50 Å². The Morgan fingerprint density at radius 1 is 1.40 bits per heavy atom. The smallest absolute Gasteiger partial charge is 0.141 e. The maximum atomic E-state index is 12.7. The van der Waals surface area contributed by atoms with Gasteiger partial charge in [-0.25, -0.2) is 4.39 Å². The Hall–Kier alpha value is -1.79. The zero-order chi connectivity index (χ0) is 14.5. The molecule has 1 unspecified atom stereocenters. The Labute approximate surface area is 117 Å². The van der Waals surface area contributed by atoms with Crippen LogP contribution in [0.15, 0.2) is 30.7 Å². The molecule has 6 heteroatoms. The van der Waals surface area contributed by atoms with Crippen LogP contribution in [-0.4, -0.2) is 38.4 Å². The van der Waals surface area contributed by atoms with Crippen LogP contribution in [0.1, 0.15) is 23.8 Å². The predicted molar refractivity (Wildman–Crippen MR) is 73.3 cm³/mol. The van der Waals surface area contributed by atoms with Crippen molar-refractivity contribution in [2.45, 2.75) is 19.1 Å². The Balaban J connectivity index is 1.80. The average Bonchev–Trinajstić information content (AvgIpc) is 2.82. The first-order valence-electron chi connectivity index (χ1n) is 6.50. The summed E-state index contributed by atoms with van der Waals surface area (Å²) in [6.07, 6.45) is 4.79. The number of aliphatic hydroxyl groups is 1. The van der Waals surface area contributed by atoms with Crippen molar-refractivity contribution in [3.63, 3.8) is 0 Å². The van der Waals surface area contributed by atoms with Crippen LogP contribution in [0.5, 0.6) is 0 Å². The highest BCUT2D eigenvalue weighted by Crippen LogP contribution is 2.15. The van der Waals surface area contributed by atoms with Gasteiger partial charge in [-0.2, -0.15) is 5.10 Å². The van der Waals surface area contributed by atoms with Crippen molar-refractivity contribution in [2.24, 2.45) is 7.05 Å². The van der Waals surface area contributed by atoms with E-state index < -0.39 is 11.9 Å². The van der Waals surface area contributed by atoms with Crippen LogP contribution in [0.4, 0.5) is 4.39 Å². The topological polar surface area (TPSA) is 54.2 Å². The summed E-state index contributed by atoms with van der Waals surface area (Å²) in [5.74, 6) is -0.394. The minimum atomic E-state index is -0.674. The summed E-state index contributed by atoms with van der Waals surface area (Å²) in [5, 5.41) is 14.1. The van der Waals surface area contributed by atoms with Gasteiger partial charge < -0.3 is 10.0 Å². The lowest BCUT2D eigenvalue weighted by atomic mass is 10.1. The molecule has 2 rings (SSSR count). The fourth-order valence-corrected chi connectivity index (χ4v) is 2.02. The van der Waals surface area contributed by atoms with Gasteiger partial charge in [-0.1, -0.05) is 0 Å². The van der Waals surface area contributed by atoms with Crippen LogP contribution in [-0.2, 0) is 13.6 Å². The molecule has 0 aliphatic heterocycles. The Bertz CT molecular complexity index is 540. The van der Waals surface area contributed by atoms with Crippen LogP contribution in [0, 0.1) is 5.82 Å². The van der Waals surface area contributed by atoms with Crippen LogP contribution >= 0.6 is 0 Å². The van der Waals surface area contributed by atoms with Crippen LogP contribution in [0.3, 0.4) is 0 Å². The Morgan fingerprint density at radius 2 is 2.20 bits per heavy atom. The second kappa shape index (κ2) is 6.58. The molecule has 0 fully saturated rings. The summed E-state index contributed by atoms with van der Waals surface area (Å²) in [7, 11) is 3.87. The van der Waals surface area contributed by atoms with Gasteiger partial charge >= 0.3 is 0 Å². The lowest BCUT2D eigenvalue weighted by Gasteiger charge is -2.17. The maximum absolute atomic E-state index is 12.7. The number of pyridine rings is 1. The van der Waals surface area contributed by atoms with E-state index in [1.807, 2.05) is 26.5 Å². The quantitative estimate of drug-likeness (QED) is 0.870. The molecule has 0 bridgehead atoms. The van der Waals surface area contributed by atoms with Gasteiger partial charge in [-0.15, -0.1) is 0 Å². The highest BCUT2D eigenvalue weighted by Gasteiger charge is 2.11. The third-order valence-corrected chi connectivity index (χ3v) is 3.09. The van der Waals surface area contributed by atoms with Crippen molar-refractivity contribution >= 4 is 0 Å². The molecular weight excluding hydrogens is 259 g/mol. The summed E-state index contributed by atoms with van der Waals surface area (Å²) in [4.78, 5) is 5.99. The summed E-state index contributed by atoms with van der Waals surface area (Å²) < 4.78 is 14.5. The molecule has 0 amide bonds.